The van der Waals surface area contributed by atoms with E-state index in [0.717, 1.165) is 12.5 Å². The van der Waals surface area contributed by atoms with Crippen molar-refractivity contribution in [3.63, 3.8) is 0 Å². The van der Waals surface area contributed by atoms with E-state index < -0.39 is 17.6 Å². The minimum Gasteiger partial charge on any atom is -0.425 e. The predicted octanol–water partition coefficient (Wildman–Crippen LogP) is 4.48. The van der Waals surface area contributed by atoms with E-state index in [2.05, 4.69) is 4.98 Å². The number of nitrogens with zero attached hydrogens (tertiary/aromatic N) is 1. The van der Waals surface area contributed by atoms with Gasteiger partial charge in [0.05, 0.1) is 10.9 Å². The van der Waals surface area contributed by atoms with Crippen molar-refractivity contribution in [2.24, 2.45) is 0 Å². The molecule has 0 spiro atoms. The summed E-state index contributed by atoms with van der Waals surface area (Å²) >= 11 is 0. The molecule has 2 aromatic rings. The number of aromatic nitrogens is 1. The Labute approximate surface area is 128 Å². The highest BCUT2D eigenvalue weighted by atomic mass is 19.2. The number of benzene rings is 1. The minimum atomic E-state index is -1.03. The minimum absolute atomic E-state index is 0.0699. The Balaban J connectivity index is 2.60. The first-order valence-corrected chi connectivity index (χ1v) is 7.47. The molecule has 0 saturated carbocycles. The number of esters is 1. The average molecular weight is 307 g/mol. The van der Waals surface area contributed by atoms with Crippen molar-refractivity contribution in [1.29, 1.82) is 0 Å². The normalized spacial score (nSPS) is 11.0. The lowest BCUT2D eigenvalue weighted by atomic mass is 10.1. The second-order valence-electron chi connectivity index (χ2n) is 5.20. The molecular weight excluding hydrogens is 288 g/mol. The number of ether oxygens (including phenoxy) is 1. The maximum Gasteiger partial charge on any atom is 0.311 e. The molecule has 22 heavy (non-hydrogen) atoms. The molecule has 0 aliphatic carbocycles. The SMILES string of the molecule is CCCCC(=O)Oc1c(C)c(CC)nc2ccc(F)c(F)c12. The predicted molar refractivity (Wildman–Crippen MR) is 80.9 cm³/mol. The van der Waals surface area contributed by atoms with Gasteiger partial charge in [-0.3, -0.25) is 9.78 Å². The summed E-state index contributed by atoms with van der Waals surface area (Å²) in [5.41, 5.74) is 1.57. The Morgan fingerprint density at radius 3 is 2.64 bits per heavy atom. The van der Waals surface area contributed by atoms with Crippen molar-refractivity contribution in [3.05, 3.63) is 35.0 Å². The Morgan fingerprint density at radius 2 is 2.00 bits per heavy atom. The average Bonchev–Trinajstić information content (AvgIpc) is 2.51. The fourth-order valence-corrected chi connectivity index (χ4v) is 2.36. The van der Waals surface area contributed by atoms with Gasteiger partial charge < -0.3 is 4.74 Å². The van der Waals surface area contributed by atoms with Gasteiger partial charge in [0.25, 0.3) is 0 Å². The van der Waals surface area contributed by atoms with Gasteiger partial charge in [-0.2, -0.15) is 0 Å². The van der Waals surface area contributed by atoms with Crippen LogP contribution in [-0.4, -0.2) is 11.0 Å². The summed E-state index contributed by atoms with van der Waals surface area (Å²) in [6.45, 7) is 5.58. The van der Waals surface area contributed by atoms with Crippen molar-refractivity contribution >= 4 is 16.9 Å². The molecule has 0 aliphatic rings. The third kappa shape index (κ3) is 3.08. The molecule has 5 heteroatoms. The maximum absolute atomic E-state index is 14.2. The van der Waals surface area contributed by atoms with Crippen LogP contribution < -0.4 is 4.74 Å². The lowest BCUT2D eigenvalue weighted by Crippen LogP contribution is -2.11. The van der Waals surface area contributed by atoms with Crippen LogP contribution in [0.1, 0.15) is 44.4 Å². The Kier molecular flexibility index (Phi) is 5.06. The zero-order valence-electron chi connectivity index (χ0n) is 13.0. The van der Waals surface area contributed by atoms with Crippen LogP contribution in [0, 0.1) is 18.6 Å². The zero-order valence-corrected chi connectivity index (χ0v) is 13.0. The summed E-state index contributed by atoms with van der Waals surface area (Å²) in [5.74, 6) is -2.37. The molecule has 0 radical (unpaired) electrons. The number of pyridine rings is 1. The number of carbonyl (C=O) groups is 1. The van der Waals surface area contributed by atoms with Crippen molar-refractivity contribution < 1.29 is 18.3 Å². The molecular formula is C17H19F2NO2. The molecule has 1 heterocycles. The fourth-order valence-electron chi connectivity index (χ4n) is 2.36. The van der Waals surface area contributed by atoms with E-state index in [1.165, 1.54) is 6.07 Å². The third-order valence-electron chi connectivity index (χ3n) is 3.61. The van der Waals surface area contributed by atoms with Crippen LogP contribution in [0.2, 0.25) is 0 Å². The summed E-state index contributed by atoms with van der Waals surface area (Å²) in [6, 6.07) is 2.43. The summed E-state index contributed by atoms with van der Waals surface area (Å²) in [7, 11) is 0. The zero-order chi connectivity index (χ0) is 16.3. The van der Waals surface area contributed by atoms with Crippen LogP contribution in [0.15, 0.2) is 12.1 Å². The highest BCUT2D eigenvalue weighted by Crippen LogP contribution is 2.34. The molecule has 0 saturated heterocycles. The van der Waals surface area contributed by atoms with Crippen LogP contribution >= 0.6 is 0 Å². The molecule has 0 N–H and O–H groups in total. The van der Waals surface area contributed by atoms with Crippen LogP contribution in [0.3, 0.4) is 0 Å². The number of halogens is 2. The van der Waals surface area contributed by atoms with Gasteiger partial charge in [0, 0.05) is 17.7 Å². The number of hydrogen-bond donors (Lipinski definition) is 0. The highest BCUT2D eigenvalue weighted by Gasteiger charge is 2.20. The number of carbonyl (C=O) groups excluding carboxylic acids is 1. The van der Waals surface area contributed by atoms with Gasteiger partial charge in [-0.25, -0.2) is 8.78 Å². The molecule has 0 bridgehead atoms. The molecule has 1 aromatic carbocycles. The molecule has 0 atom stereocenters. The van der Waals surface area contributed by atoms with Crippen LogP contribution in [0.25, 0.3) is 10.9 Å². The van der Waals surface area contributed by atoms with Gasteiger partial charge in [-0.05, 0) is 31.9 Å². The van der Waals surface area contributed by atoms with Gasteiger partial charge in [0.15, 0.2) is 11.6 Å². The van der Waals surface area contributed by atoms with Gasteiger partial charge in [0.1, 0.15) is 5.75 Å². The topological polar surface area (TPSA) is 39.2 Å². The highest BCUT2D eigenvalue weighted by molar-refractivity contribution is 5.90. The summed E-state index contributed by atoms with van der Waals surface area (Å²) in [6.07, 6.45) is 2.41. The largest absolute Gasteiger partial charge is 0.425 e. The van der Waals surface area contributed by atoms with Crippen LogP contribution in [-0.2, 0) is 11.2 Å². The second kappa shape index (κ2) is 6.81. The van der Waals surface area contributed by atoms with Gasteiger partial charge in [-0.15, -0.1) is 0 Å². The van der Waals surface area contributed by atoms with Gasteiger partial charge >= 0.3 is 5.97 Å². The molecule has 2 rings (SSSR count). The Hall–Kier alpha value is -2.04. The number of aryl methyl sites for hydroxylation is 1. The van der Waals surface area contributed by atoms with Gasteiger partial charge in [0.2, 0.25) is 0 Å². The van der Waals surface area contributed by atoms with Crippen molar-refractivity contribution in [2.45, 2.75) is 46.5 Å². The first kappa shape index (κ1) is 16.3. The second-order valence-corrected chi connectivity index (χ2v) is 5.20. The van der Waals surface area contributed by atoms with Gasteiger partial charge in [-0.1, -0.05) is 20.3 Å². The van der Waals surface area contributed by atoms with Crippen LogP contribution in [0.4, 0.5) is 8.78 Å². The molecule has 0 aliphatic heterocycles. The van der Waals surface area contributed by atoms with E-state index in [-0.39, 0.29) is 17.6 Å². The lowest BCUT2D eigenvalue weighted by Gasteiger charge is -2.14. The van der Waals surface area contributed by atoms with Crippen LogP contribution in [0.5, 0.6) is 5.75 Å². The smallest absolute Gasteiger partial charge is 0.311 e. The summed E-state index contributed by atoms with van der Waals surface area (Å²) < 4.78 is 33.1. The molecule has 0 unspecified atom stereocenters. The first-order valence-electron chi connectivity index (χ1n) is 7.47. The number of rotatable bonds is 5. The molecule has 1 aromatic heterocycles. The first-order chi connectivity index (χ1) is 10.5. The number of hydrogen-bond acceptors (Lipinski definition) is 3. The lowest BCUT2D eigenvalue weighted by molar-refractivity contribution is -0.134. The van der Waals surface area contributed by atoms with E-state index in [0.29, 0.717) is 29.6 Å². The van der Waals surface area contributed by atoms with E-state index in [4.69, 9.17) is 4.74 Å². The summed E-state index contributed by atoms with van der Waals surface area (Å²) in [5, 5.41) is -0.0699. The Bertz CT molecular complexity index is 714. The van der Waals surface area contributed by atoms with Crippen molar-refractivity contribution in [3.8, 4) is 5.75 Å². The molecule has 0 fully saturated rings. The maximum atomic E-state index is 14.2. The fraction of sp³-hybridized carbons (Fsp3) is 0.412. The number of fused-ring (bicyclic) bond motifs is 1. The number of unbranched alkanes of at least 4 members (excludes halogenated alkanes) is 1. The molecule has 3 nitrogen and oxygen atoms in total. The summed E-state index contributed by atoms with van der Waals surface area (Å²) in [4.78, 5) is 16.2. The Morgan fingerprint density at radius 1 is 1.27 bits per heavy atom. The monoisotopic (exact) mass is 307 g/mol. The third-order valence-corrected chi connectivity index (χ3v) is 3.61. The quantitative estimate of drug-likeness (QED) is 0.765. The standard InChI is InChI=1S/C17H19F2NO2/c1-4-6-7-14(21)22-17-10(3)12(5-2)20-13-9-8-11(18)16(19)15(13)17/h8-9H,4-7H2,1-3H3. The molecule has 0 amide bonds. The van der Waals surface area contributed by atoms with Crippen molar-refractivity contribution in [1.82, 2.24) is 4.98 Å². The van der Waals surface area contributed by atoms with E-state index in [9.17, 15) is 13.6 Å². The van der Waals surface area contributed by atoms with E-state index >= 15 is 0 Å². The van der Waals surface area contributed by atoms with Crippen molar-refractivity contribution in [2.75, 3.05) is 0 Å². The molecule has 118 valence electrons. The van der Waals surface area contributed by atoms with E-state index in [1.54, 1.807) is 6.92 Å². The van der Waals surface area contributed by atoms with E-state index in [1.807, 2.05) is 13.8 Å².